The number of rotatable bonds is 5. The third kappa shape index (κ3) is 4.62. The van der Waals surface area contributed by atoms with Crippen LogP contribution >= 0.6 is 11.3 Å². The van der Waals surface area contributed by atoms with E-state index < -0.39 is 23.7 Å². The van der Waals surface area contributed by atoms with Gasteiger partial charge in [-0.1, -0.05) is 6.07 Å². The summed E-state index contributed by atoms with van der Waals surface area (Å²) in [7, 11) is 0. The van der Waals surface area contributed by atoms with Crippen molar-refractivity contribution < 1.29 is 27.5 Å². The molecular formula is C18H15F3N4O3S. The van der Waals surface area contributed by atoms with Gasteiger partial charge in [0.2, 0.25) is 0 Å². The summed E-state index contributed by atoms with van der Waals surface area (Å²) >= 11 is 1.24. The summed E-state index contributed by atoms with van der Waals surface area (Å²) in [6.45, 7) is 3.24. The average molecular weight is 424 g/mol. The molecule has 0 spiro atoms. The molecule has 7 nitrogen and oxygen atoms in total. The minimum Gasteiger partial charge on any atom is -0.463 e. The van der Waals surface area contributed by atoms with Crippen molar-refractivity contribution >= 4 is 28.9 Å². The second-order valence-electron chi connectivity index (χ2n) is 5.83. The number of esters is 1. The molecule has 1 amide bonds. The highest BCUT2D eigenvalue weighted by Crippen LogP contribution is 2.33. The molecule has 0 aliphatic heterocycles. The van der Waals surface area contributed by atoms with Gasteiger partial charge in [0.1, 0.15) is 0 Å². The molecule has 3 rings (SSSR count). The lowest BCUT2D eigenvalue weighted by Gasteiger charge is -2.10. The second kappa shape index (κ2) is 8.03. The van der Waals surface area contributed by atoms with Crippen molar-refractivity contribution in [2.24, 2.45) is 0 Å². The Morgan fingerprint density at radius 2 is 2.10 bits per heavy atom. The number of fused-ring (bicyclic) bond motifs is 1. The molecular weight excluding hydrogens is 409 g/mol. The van der Waals surface area contributed by atoms with Crippen LogP contribution in [-0.2, 0) is 15.7 Å². The van der Waals surface area contributed by atoms with Gasteiger partial charge in [-0.3, -0.25) is 4.79 Å². The fourth-order valence-electron chi connectivity index (χ4n) is 2.48. The molecule has 3 aromatic heterocycles. The number of amides is 1. The molecule has 0 fully saturated rings. The average Bonchev–Trinajstić information content (AvgIpc) is 3.29. The molecule has 0 bridgehead atoms. The smallest absolute Gasteiger partial charge is 0.433 e. The van der Waals surface area contributed by atoms with Crippen LogP contribution in [0.4, 0.5) is 13.2 Å². The zero-order chi connectivity index (χ0) is 21.2. The summed E-state index contributed by atoms with van der Waals surface area (Å²) in [5, 5.41) is 7.86. The first-order chi connectivity index (χ1) is 13.7. The lowest BCUT2D eigenvalue weighted by atomic mass is 10.2. The summed E-state index contributed by atoms with van der Waals surface area (Å²) in [6, 6.07) is 5.39. The van der Waals surface area contributed by atoms with Crippen molar-refractivity contribution in [1.29, 1.82) is 0 Å². The van der Waals surface area contributed by atoms with Crippen molar-refractivity contribution in [2.75, 3.05) is 6.61 Å². The standard InChI is InChI=1S/C18H15F3N4O3S/c1-3-28-16(26)7-10(2)22-17(27)12-9-15-23-11(13-5-4-6-29-13)8-14(18(19,20)21)25(15)24-12/h4-9H,3H2,1-2H3,(H,22,27)/b10-7+. The number of hydrogen-bond acceptors (Lipinski definition) is 6. The Labute approximate surface area is 166 Å². The van der Waals surface area contributed by atoms with Gasteiger partial charge >= 0.3 is 12.1 Å². The Morgan fingerprint density at radius 1 is 1.34 bits per heavy atom. The lowest BCUT2D eigenvalue weighted by Crippen LogP contribution is -2.23. The molecule has 3 aromatic rings. The summed E-state index contributed by atoms with van der Waals surface area (Å²) in [5.74, 6) is -1.43. The molecule has 0 unspecified atom stereocenters. The number of aromatic nitrogens is 3. The third-order valence-corrected chi connectivity index (χ3v) is 4.55. The van der Waals surface area contributed by atoms with Crippen molar-refractivity contribution in [3.05, 3.63) is 52.8 Å². The minimum atomic E-state index is -4.70. The van der Waals surface area contributed by atoms with Crippen LogP contribution in [0.25, 0.3) is 16.2 Å². The van der Waals surface area contributed by atoms with E-state index in [0.29, 0.717) is 9.39 Å². The summed E-state index contributed by atoms with van der Waals surface area (Å²) < 4.78 is 45.9. The number of carbonyl (C=O) groups is 2. The molecule has 0 aliphatic rings. The van der Waals surface area contributed by atoms with Crippen LogP contribution in [0.3, 0.4) is 0 Å². The second-order valence-corrected chi connectivity index (χ2v) is 6.78. The Hall–Kier alpha value is -3.21. The molecule has 0 atom stereocenters. The first-order valence-corrected chi connectivity index (χ1v) is 9.25. The number of halogens is 3. The van der Waals surface area contributed by atoms with Crippen molar-refractivity contribution in [1.82, 2.24) is 19.9 Å². The molecule has 1 N–H and O–H groups in total. The molecule has 152 valence electrons. The van der Waals surface area contributed by atoms with E-state index >= 15 is 0 Å². The number of nitrogens with zero attached hydrogens (tertiary/aromatic N) is 3. The zero-order valence-corrected chi connectivity index (χ0v) is 16.1. The maximum absolute atomic E-state index is 13.5. The van der Waals surface area contributed by atoms with E-state index in [1.54, 1.807) is 24.4 Å². The van der Waals surface area contributed by atoms with Gasteiger partial charge < -0.3 is 10.1 Å². The van der Waals surface area contributed by atoms with Gasteiger partial charge in [-0.25, -0.2) is 14.3 Å². The molecule has 0 aromatic carbocycles. The highest BCUT2D eigenvalue weighted by atomic mass is 32.1. The summed E-state index contributed by atoms with van der Waals surface area (Å²) in [4.78, 5) is 28.5. The van der Waals surface area contributed by atoms with Crippen molar-refractivity contribution in [2.45, 2.75) is 20.0 Å². The Balaban J connectivity index is 1.98. The highest BCUT2D eigenvalue weighted by molar-refractivity contribution is 7.13. The number of allylic oxidation sites excluding steroid dienone is 1. The van der Waals surface area contributed by atoms with Crippen LogP contribution in [0, 0.1) is 0 Å². The molecule has 29 heavy (non-hydrogen) atoms. The Morgan fingerprint density at radius 3 is 2.72 bits per heavy atom. The number of thiophene rings is 1. The molecule has 0 saturated carbocycles. The van der Waals surface area contributed by atoms with E-state index in [1.807, 2.05) is 0 Å². The third-order valence-electron chi connectivity index (χ3n) is 3.66. The summed E-state index contributed by atoms with van der Waals surface area (Å²) in [6.07, 6.45) is -3.64. The van der Waals surface area contributed by atoms with Crippen LogP contribution in [-0.4, -0.2) is 33.1 Å². The first-order valence-electron chi connectivity index (χ1n) is 8.37. The molecule has 0 saturated heterocycles. The van der Waals surface area contributed by atoms with Crippen molar-refractivity contribution in [3.8, 4) is 10.6 Å². The first kappa shape index (κ1) is 20.5. The maximum Gasteiger partial charge on any atom is 0.433 e. The fourth-order valence-corrected chi connectivity index (χ4v) is 3.16. The minimum absolute atomic E-state index is 0.125. The molecule has 0 radical (unpaired) electrons. The predicted molar refractivity (Wildman–Crippen MR) is 99.2 cm³/mol. The number of alkyl halides is 3. The number of hydrogen-bond donors (Lipinski definition) is 1. The lowest BCUT2D eigenvalue weighted by molar-refractivity contribution is -0.142. The van der Waals surface area contributed by atoms with Gasteiger partial charge in [-0.2, -0.15) is 18.3 Å². The molecule has 0 aliphatic carbocycles. The van der Waals surface area contributed by atoms with Gasteiger partial charge in [0.15, 0.2) is 17.0 Å². The van der Waals surface area contributed by atoms with E-state index in [9.17, 15) is 22.8 Å². The topological polar surface area (TPSA) is 85.6 Å². The van der Waals surface area contributed by atoms with E-state index in [-0.39, 0.29) is 29.3 Å². The van der Waals surface area contributed by atoms with Gasteiger partial charge in [-0.05, 0) is 31.4 Å². The largest absolute Gasteiger partial charge is 0.463 e. The monoisotopic (exact) mass is 424 g/mol. The number of nitrogens with one attached hydrogen (secondary N) is 1. The quantitative estimate of drug-likeness (QED) is 0.499. The van der Waals surface area contributed by atoms with E-state index in [2.05, 4.69) is 15.4 Å². The van der Waals surface area contributed by atoms with Crippen LogP contribution in [0.5, 0.6) is 0 Å². The fraction of sp³-hybridized carbons (Fsp3) is 0.222. The zero-order valence-electron chi connectivity index (χ0n) is 15.3. The van der Waals surface area contributed by atoms with Gasteiger partial charge in [0.25, 0.3) is 5.91 Å². The van der Waals surface area contributed by atoms with Gasteiger partial charge in [0.05, 0.1) is 17.2 Å². The van der Waals surface area contributed by atoms with Gasteiger partial charge in [-0.15, -0.1) is 11.3 Å². The van der Waals surface area contributed by atoms with Crippen LogP contribution in [0.15, 0.2) is 41.4 Å². The van der Waals surface area contributed by atoms with Crippen LogP contribution in [0.2, 0.25) is 0 Å². The molecule has 3 heterocycles. The SMILES string of the molecule is CCOC(=O)/C=C(\C)NC(=O)c1cc2nc(-c3cccs3)cc(C(F)(F)F)n2n1. The normalized spacial score (nSPS) is 12.2. The van der Waals surface area contributed by atoms with Gasteiger partial charge in [0, 0.05) is 17.8 Å². The number of ether oxygens (including phenoxy) is 1. The van der Waals surface area contributed by atoms with E-state index in [1.165, 1.54) is 18.3 Å². The number of carbonyl (C=O) groups excluding carboxylic acids is 2. The van der Waals surface area contributed by atoms with E-state index in [0.717, 1.165) is 18.2 Å². The van der Waals surface area contributed by atoms with Crippen LogP contribution in [0.1, 0.15) is 30.0 Å². The Kier molecular flexibility index (Phi) is 5.69. The molecule has 11 heteroatoms. The highest BCUT2D eigenvalue weighted by Gasteiger charge is 2.35. The summed E-state index contributed by atoms with van der Waals surface area (Å²) in [5.41, 5.74) is -1.16. The predicted octanol–water partition coefficient (Wildman–Crippen LogP) is 3.67. The maximum atomic E-state index is 13.5. The van der Waals surface area contributed by atoms with Crippen molar-refractivity contribution in [3.63, 3.8) is 0 Å². The van der Waals surface area contributed by atoms with Crippen LogP contribution < -0.4 is 5.32 Å². The van der Waals surface area contributed by atoms with E-state index in [4.69, 9.17) is 4.74 Å². The Bertz CT molecular complexity index is 1090.